The minimum Gasteiger partial charge on any atom is -0.308 e. The zero-order chi connectivity index (χ0) is 15.7. The predicted molar refractivity (Wildman–Crippen MR) is 94.6 cm³/mol. The van der Waals surface area contributed by atoms with Gasteiger partial charge in [0.2, 0.25) is 0 Å². The Labute approximate surface area is 134 Å². The molecule has 3 unspecified atom stereocenters. The first-order chi connectivity index (χ1) is 10.6. The molecule has 1 heteroatoms. The van der Waals surface area contributed by atoms with E-state index in [2.05, 4.69) is 51.1 Å². The second kappa shape index (κ2) is 6.24. The molecule has 1 N–H and O–H groups in total. The van der Waals surface area contributed by atoms with Crippen LogP contribution in [0, 0.1) is 17.2 Å². The van der Waals surface area contributed by atoms with E-state index in [1.165, 1.54) is 48.6 Å². The lowest BCUT2D eigenvalue weighted by atomic mass is 9.68. The van der Waals surface area contributed by atoms with Crippen LogP contribution in [0.1, 0.15) is 63.5 Å². The molecule has 2 aliphatic rings. The van der Waals surface area contributed by atoms with Gasteiger partial charge < -0.3 is 5.41 Å². The zero-order valence-corrected chi connectivity index (χ0v) is 14.0. The average molecular weight is 293 g/mol. The molecule has 0 aliphatic heterocycles. The van der Waals surface area contributed by atoms with E-state index < -0.39 is 0 Å². The zero-order valence-electron chi connectivity index (χ0n) is 14.0. The van der Waals surface area contributed by atoms with Gasteiger partial charge in [0, 0.05) is 6.21 Å². The maximum atomic E-state index is 7.74. The molecule has 3 atom stereocenters. The largest absolute Gasteiger partial charge is 0.308 e. The first-order valence-electron chi connectivity index (χ1n) is 8.62. The molecule has 1 nitrogen and oxygen atoms in total. The molecule has 2 aliphatic carbocycles. The minimum absolute atomic E-state index is 0.581. The second-order valence-corrected chi connectivity index (χ2v) is 6.99. The van der Waals surface area contributed by atoms with Crippen LogP contribution in [-0.4, -0.2) is 6.21 Å². The number of rotatable bonds is 3. The van der Waals surface area contributed by atoms with Gasteiger partial charge in [0.1, 0.15) is 0 Å². The molecular formula is C21H27N. The normalized spacial score (nSPS) is 28.7. The molecule has 1 saturated carbocycles. The van der Waals surface area contributed by atoms with Crippen molar-refractivity contribution in [2.24, 2.45) is 11.8 Å². The van der Waals surface area contributed by atoms with Crippen molar-refractivity contribution >= 4 is 6.21 Å². The summed E-state index contributed by atoms with van der Waals surface area (Å²) in [4.78, 5) is 0. The third kappa shape index (κ3) is 2.58. The predicted octanol–water partition coefficient (Wildman–Crippen LogP) is 5.87. The lowest BCUT2D eigenvalue weighted by molar-refractivity contribution is 0.334. The standard InChI is InChI=1S/C21H27N/c1-14-12-15(2)21(16(14)3)20-11-7-6-10-19(20)18-9-5-4-8-17(18)13-22/h4-5,8-9,12-13,15,19-20,22H,6-7,10-11H2,1-3H3. The highest BCUT2D eigenvalue weighted by atomic mass is 14.4. The van der Waals surface area contributed by atoms with Crippen molar-refractivity contribution in [3.8, 4) is 0 Å². The fourth-order valence-corrected chi connectivity index (χ4v) is 4.63. The highest BCUT2D eigenvalue weighted by Gasteiger charge is 2.34. The van der Waals surface area contributed by atoms with Gasteiger partial charge in [-0.25, -0.2) is 0 Å². The van der Waals surface area contributed by atoms with Crippen LogP contribution >= 0.6 is 0 Å². The van der Waals surface area contributed by atoms with Gasteiger partial charge in [-0.05, 0) is 61.1 Å². The first-order valence-corrected chi connectivity index (χ1v) is 8.62. The molecule has 0 heterocycles. The van der Waals surface area contributed by atoms with Crippen molar-refractivity contribution in [2.75, 3.05) is 0 Å². The molecule has 0 aromatic heterocycles. The van der Waals surface area contributed by atoms with Crippen LogP contribution in [0.5, 0.6) is 0 Å². The van der Waals surface area contributed by atoms with E-state index in [0.717, 1.165) is 5.56 Å². The van der Waals surface area contributed by atoms with Crippen molar-refractivity contribution in [2.45, 2.75) is 52.4 Å². The van der Waals surface area contributed by atoms with E-state index in [1.54, 1.807) is 5.57 Å². The fraction of sp³-hybridized carbons (Fsp3) is 0.476. The number of hydrogen-bond acceptors (Lipinski definition) is 1. The summed E-state index contributed by atoms with van der Waals surface area (Å²) in [6.45, 7) is 6.91. The lowest BCUT2D eigenvalue weighted by Gasteiger charge is -2.36. The van der Waals surface area contributed by atoms with Crippen LogP contribution in [0.4, 0.5) is 0 Å². The van der Waals surface area contributed by atoms with Gasteiger partial charge in [0.25, 0.3) is 0 Å². The van der Waals surface area contributed by atoms with Gasteiger partial charge in [-0.3, -0.25) is 0 Å². The van der Waals surface area contributed by atoms with Crippen molar-refractivity contribution in [1.29, 1.82) is 5.41 Å². The summed E-state index contributed by atoms with van der Waals surface area (Å²) in [5, 5.41) is 7.74. The van der Waals surface area contributed by atoms with Gasteiger partial charge in [-0.15, -0.1) is 0 Å². The third-order valence-corrected chi connectivity index (χ3v) is 5.73. The van der Waals surface area contributed by atoms with Crippen molar-refractivity contribution in [1.82, 2.24) is 0 Å². The molecule has 0 radical (unpaired) electrons. The van der Waals surface area contributed by atoms with Crippen molar-refractivity contribution in [3.63, 3.8) is 0 Å². The van der Waals surface area contributed by atoms with E-state index in [0.29, 0.717) is 17.8 Å². The smallest absolute Gasteiger partial charge is 0.0253 e. The van der Waals surface area contributed by atoms with Crippen LogP contribution in [-0.2, 0) is 0 Å². The Bertz CT molecular complexity index is 635. The van der Waals surface area contributed by atoms with E-state index in [1.807, 2.05) is 0 Å². The first kappa shape index (κ1) is 15.3. The Morgan fingerprint density at radius 3 is 2.36 bits per heavy atom. The van der Waals surface area contributed by atoms with Gasteiger partial charge in [0.15, 0.2) is 0 Å². The van der Waals surface area contributed by atoms with E-state index in [9.17, 15) is 0 Å². The van der Waals surface area contributed by atoms with Crippen molar-refractivity contribution < 1.29 is 0 Å². The molecule has 0 amide bonds. The van der Waals surface area contributed by atoms with Crippen LogP contribution in [0.25, 0.3) is 0 Å². The summed E-state index contributed by atoms with van der Waals surface area (Å²) in [5.74, 6) is 1.81. The van der Waals surface area contributed by atoms with Crippen LogP contribution in [0.15, 0.2) is 47.1 Å². The molecule has 1 fully saturated rings. The molecule has 1 aromatic carbocycles. The molecule has 1 aromatic rings. The Morgan fingerprint density at radius 2 is 1.73 bits per heavy atom. The van der Waals surface area contributed by atoms with E-state index in [4.69, 9.17) is 5.41 Å². The fourth-order valence-electron chi connectivity index (χ4n) is 4.63. The highest BCUT2D eigenvalue weighted by molar-refractivity contribution is 5.79. The maximum absolute atomic E-state index is 7.74. The number of benzene rings is 1. The van der Waals surface area contributed by atoms with Crippen LogP contribution < -0.4 is 0 Å². The van der Waals surface area contributed by atoms with Gasteiger partial charge in [-0.2, -0.15) is 0 Å². The Morgan fingerprint density at radius 1 is 1.05 bits per heavy atom. The SMILES string of the molecule is CC1=CC(C)C(C2CCCCC2c2ccccc2C=N)=C1C. The lowest BCUT2D eigenvalue weighted by Crippen LogP contribution is -2.23. The Hall–Kier alpha value is -1.63. The second-order valence-electron chi connectivity index (χ2n) is 6.99. The number of hydrogen-bond donors (Lipinski definition) is 1. The molecular weight excluding hydrogens is 266 g/mol. The summed E-state index contributed by atoms with van der Waals surface area (Å²) in [5.41, 5.74) is 7.15. The van der Waals surface area contributed by atoms with Crippen LogP contribution in [0.3, 0.4) is 0 Å². The quantitative estimate of drug-likeness (QED) is 0.674. The molecule has 0 saturated heterocycles. The average Bonchev–Trinajstić information content (AvgIpc) is 2.80. The summed E-state index contributed by atoms with van der Waals surface area (Å²) in [6.07, 6.45) is 9.19. The van der Waals surface area contributed by atoms with E-state index in [-0.39, 0.29) is 0 Å². The Balaban J connectivity index is 2.01. The summed E-state index contributed by atoms with van der Waals surface area (Å²) >= 11 is 0. The highest BCUT2D eigenvalue weighted by Crippen LogP contribution is 2.48. The minimum atomic E-state index is 0.581. The van der Waals surface area contributed by atoms with Gasteiger partial charge in [0.05, 0.1) is 0 Å². The molecule has 22 heavy (non-hydrogen) atoms. The topological polar surface area (TPSA) is 23.9 Å². The molecule has 3 rings (SSSR count). The monoisotopic (exact) mass is 293 g/mol. The summed E-state index contributed by atoms with van der Waals surface area (Å²) in [7, 11) is 0. The number of nitrogens with one attached hydrogen (secondary N) is 1. The van der Waals surface area contributed by atoms with Crippen molar-refractivity contribution in [3.05, 3.63) is 58.2 Å². The molecule has 0 spiro atoms. The number of allylic oxidation sites excluding steroid dienone is 4. The summed E-state index contributed by atoms with van der Waals surface area (Å²) < 4.78 is 0. The molecule has 116 valence electrons. The van der Waals surface area contributed by atoms with Crippen LogP contribution in [0.2, 0.25) is 0 Å². The Kier molecular flexibility index (Phi) is 4.33. The molecule has 0 bridgehead atoms. The third-order valence-electron chi connectivity index (χ3n) is 5.73. The summed E-state index contributed by atoms with van der Waals surface area (Å²) in [6, 6.07) is 8.53. The van der Waals surface area contributed by atoms with Gasteiger partial charge >= 0.3 is 0 Å². The van der Waals surface area contributed by atoms with E-state index >= 15 is 0 Å². The maximum Gasteiger partial charge on any atom is 0.0253 e. The van der Waals surface area contributed by atoms with Gasteiger partial charge in [-0.1, -0.05) is 61.3 Å².